The summed E-state index contributed by atoms with van der Waals surface area (Å²) in [7, 11) is 0.996. The second kappa shape index (κ2) is 2.58. The zero-order chi connectivity index (χ0) is 9.35. The Morgan fingerprint density at radius 2 is 2.08 bits per heavy atom. The molecule has 0 fully saturated rings. The minimum absolute atomic E-state index is 0.715. The van der Waals surface area contributed by atoms with Crippen molar-refractivity contribution in [3.63, 3.8) is 0 Å². The van der Waals surface area contributed by atoms with Crippen molar-refractivity contribution in [3.05, 3.63) is 16.0 Å². The summed E-state index contributed by atoms with van der Waals surface area (Å²) in [6.07, 6.45) is -4.76. The van der Waals surface area contributed by atoms with Crippen molar-refractivity contribution in [1.82, 2.24) is 5.16 Å². The van der Waals surface area contributed by atoms with Crippen LogP contribution in [0.1, 0.15) is 5.56 Å². The van der Waals surface area contributed by atoms with Gasteiger partial charge in [0, 0.05) is 0 Å². The number of hydrogen-bond donors (Lipinski definition) is 1. The fourth-order valence-corrected chi connectivity index (χ4v) is 0.676. The van der Waals surface area contributed by atoms with Crippen LogP contribution in [-0.4, -0.2) is 12.3 Å². The first-order chi connectivity index (χ1) is 5.46. The molecular formula is C5H4F3NO3. The Morgan fingerprint density at radius 3 is 2.42 bits per heavy atom. The Bertz CT molecular complexity index is 323. The van der Waals surface area contributed by atoms with E-state index in [2.05, 4.69) is 9.26 Å². The molecule has 1 N–H and O–H groups in total. The first-order valence-corrected chi connectivity index (χ1v) is 2.79. The molecule has 0 amide bonds. The van der Waals surface area contributed by atoms with E-state index in [1.165, 1.54) is 0 Å². The molecule has 0 spiro atoms. The fraction of sp³-hybridized carbons (Fsp3) is 0.400. The molecule has 4 nitrogen and oxygen atoms in total. The molecule has 0 aromatic carbocycles. The van der Waals surface area contributed by atoms with E-state index in [1.54, 1.807) is 5.16 Å². The van der Waals surface area contributed by atoms with Crippen LogP contribution in [0, 0.1) is 0 Å². The van der Waals surface area contributed by atoms with Gasteiger partial charge in [-0.1, -0.05) is 0 Å². The maximum Gasteiger partial charge on any atom is 0.428 e. The Labute approximate surface area is 63.9 Å². The van der Waals surface area contributed by atoms with Gasteiger partial charge in [-0.05, 0) is 0 Å². The van der Waals surface area contributed by atoms with Crippen LogP contribution in [-0.2, 0) is 6.18 Å². The van der Waals surface area contributed by atoms with Crippen molar-refractivity contribution in [2.45, 2.75) is 6.18 Å². The van der Waals surface area contributed by atoms with E-state index in [4.69, 9.17) is 0 Å². The molecule has 0 radical (unpaired) electrons. The summed E-state index contributed by atoms with van der Waals surface area (Å²) in [5.41, 5.74) is -2.94. The van der Waals surface area contributed by atoms with Gasteiger partial charge >= 0.3 is 11.8 Å². The predicted molar refractivity (Wildman–Crippen MR) is 30.9 cm³/mol. The van der Waals surface area contributed by atoms with Gasteiger partial charge in [0.2, 0.25) is 11.4 Å². The smallest absolute Gasteiger partial charge is 0.428 e. The van der Waals surface area contributed by atoms with Gasteiger partial charge in [-0.25, -0.2) is 4.79 Å². The highest BCUT2D eigenvalue weighted by molar-refractivity contribution is 5.23. The second-order valence-electron chi connectivity index (χ2n) is 1.90. The normalized spacial score (nSPS) is 11.7. The van der Waals surface area contributed by atoms with Gasteiger partial charge in [0.05, 0.1) is 7.11 Å². The maximum atomic E-state index is 12.0. The van der Waals surface area contributed by atoms with Crippen LogP contribution in [0.4, 0.5) is 13.2 Å². The van der Waals surface area contributed by atoms with Crippen molar-refractivity contribution in [1.29, 1.82) is 0 Å². The molecule has 1 aromatic rings. The largest absolute Gasteiger partial charge is 0.480 e. The highest BCUT2D eigenvalue weighted by atomic mass is 19.4. The lowest BCUT2D eigenvalue weighted by molar-refractivity contribution is -0.140. The van der Waals surface area contributed by atoms with Crippen LogP contribution < -0.4 is 10.4 Å². The quantitative estimate of drug-likeness (QED) is 0.706. The monoisotopic (exact) mass is 183 g/mol. The van der Waals surface area contributed by atoms with Crippen molar-refractivity contribution in [2.75, 3.05) is 7.11 Å². The van der Waals surface area contributed by atoms with Crippen molar-refractivity contribution in [2.24, 2.45) is 0 Å². The lowest BCUT2D eigenvalue weighted by Crippen LogP contribution is -2.15. The van der Waals surface area contributed by atoms with Gasteiger partial charge in [0.15, 0.2) is 0 Å². The number of aromatic amines is 1. The Hall–Kier alpha value is -1.40. The van der Waals surface area contributed by atoms with Gasteiger partial charge in [0.25, 0.3) is 0 Å². The van der Waals surface area contributed by atoms with E-state index in [-0.39, 0.29) is 0 Å². The highest BCUT2D eigenvalue weighted by Gasteiger charge is 2.40. The first-order valence-electron chi connectivity index (χ1n) is 2.79. The van der Waals surface area contributed by atoms with Crippen LogP contribution in [0.15, 0.2) is 9.32 Å². The predicted octanol–water partition coefficient (Wildman–Crippen LogP) is 0.995. The number of hydrogen-bond acceptors (Lipinski definition) is 3. The fourth-order valence-electron chi connectivity index (χ4n) is 0.676. The van der Waals surface area contributed by atoms with E-state index >= 15 is 0 Å². The molecule has 1 heterocycles. The highest BCUT2D eigenvalue weighted by Crippen LogP contribution is 2.32. The van der Waals surface area contributed by atoms with E-state index in [0.29, 0.717) is 0 Å². The molecule has 0 saturated carbocycles. The molecule has 12 heavy (non-hydrogen) atoms. The van der Waals surface area contributed by atoms with E-state index in [9.17, 15) is 18.0 Å². The molecule has 7 heteroatoms. The summed E-state index contributed by atoms with van der Waals surface area (Å²) in [6.45, 7) is 0. The Balaban J connectivity index is 3.29. The van der Waals surface area contributed by atoms with Crippen LogP contribution >= 0.6 is 0 Å². The summed E-state index contributed by atoms with van der Waals surface area (Å²) in [4.78, 5) is 10.4. The van der Waals surface area contributed by atoms with Gasteiger partial charge in [-0.3, -0.25) is 0 Å². The van der Waals surface area contributed by atoms with Crippen LogP contribution in [0.5, 0.6) is 5.88 Å². The molecular weight excluding hydrogens is 179 g/mol. The number of alkyl halides is 3. The third-order valence-electron chi connectivity index (χ3n) is 1.16. The zero-order valence-electron chi connectivity index (χ0n) is 5.86. The maximum absolute atomic E-state index is 12.0. The molecule has 1 rings (SSSR count). The van der Waals surface area contributed by atoms with Crippen molar-refractivity contribution in [3.8, 4) is 5.88 Å². The molecule has 0 atom stereocenters. The average molecular weight is 183 g/mol. The van der Waals surface area contributed by atoms with Gasteiger partial charge in [-0.15, -0.1) is 0 Å². The van der Waals surface area contributed by atoms with Crippen molar-refractivity contribution >= 4 is 0 Å². The number of aromatic nitrogens is 1. The van der Waals surface area contributed by atoms with Crippen LogP contribution in [0.3, 0.4) is 0 Å². The molecule has 0 unspecified atom stereocenters. The summed E-state index contributed by atoms with van der Waals surface area (Å²) in [5, 5.41) is 1.70. The zero-order valence-corrected chi connectivity index (χ0v) is 5.86. The lowest BCUT2D eigenvalue weighted by atomic mass is 10.3. The summed E-state index contributed by atoms with van der Waals surface area (Å²) in [6, 6.07) is 0. The van der Waals surface area contributed by atoms with Gasteiger partial charge in [0.1, 0.15) is 0 Å². The third kappa shape index (κ3) is 1.29. The number of rotatable bonds is 1. The second-order valence-corrected chi connectivity index (χ2v) is 1.90. The molecule has 1 aromatic heterocycles. The SMILES string of the molecule is COc1[nH]oc(=O)c1C(F)(F)F. The number of halogens is 3. The van der Waals surface area contributed by atoms with Gasteiger partial charge < -0.3 is 9.26 Å². The number of H-pyrrole nitrogens is 1. The Kier molecular flexibility index (Phi) is 1.87. The molecule has 0 aliphatic carbocycles. The first kappa shape index (κ1) is 8.69. The standard InChI is InChI=1S/C5H4F3NO3/c1-11-3-2(5(6,7)8)4(10)12-9-3/h9H,1H3. The topological polar surface area (TPSA) is 55.2 Å². The van der Waals surface area contributed by atoms with E-state index in [1.807, 2.05) is 0 Å². The van der Waals surface area contributed by atoms with Crippen LogP contribution in [0.2, 0.25) is 0 Å². The lowest BCUT2D eigenvalue weighted by Gasteiger charge is -2.02. The molecule has 0 aliphatic rings. The summed E-state index contributed by atoms with van der Waals surface area (Å²) >= 11 is 0. The summed E-state index contributed by atoms with van der Waals surface area (Å²) < 4.78 is 44.0. The number of nitrogens with one attached hydrogen (secondary N) is 1. The number of methoxy groups -OCH3 is 1. The summed E-state index contributed by atoms with van der Waals surface area (Å²) in [5.74, 6) is -0.715. The van der Waals surface area contributed by atoms with Crippen molar-refractivity contribution < 1.29 is 22.4 Å². The van der Waals surface area contributed by atoms with E-state index in [0.717, 1.165) is 7.11 Å². The van der Waals surface area contributed by atoms with E-state index < -0.39 is 23.2 Å². The average Bonchev–Trinajstić information content (AvgIpc) is 2.29. The molecule has 0 aliphatic heterocycles. The van der Waals surface area contributed by atoms with Gasteiger partial charge in [-0.2, -0.15) is 18.3 Å². The van der Waals surface area contributed by atoms with Crippen LogP contribution in [0.25, 0.3) is 0 Å². The molecule has 0 saturated heterocycles. The minimum atomic E-state index is -4.76. The Morgan fingerprint density at radius 1 is 1.50 bits per heavy atom. The minimum Gasteiger partial charge on any atom is -0.480 e. The molecule has 0 bridgehead atoms. The molecule has 68 valence electrons. The number of ether oxygens (including phenoxy) is 1. The third-order valence-corrected chi connectivity index (χ3v) is 1.16.